The van der Waals surface area contributed by atoms with E-state index in [4.69, 9.17) is 4.74 Å². The third-order valence-corrected chi connectivity index (χ3v) is 7.28. The normalized spacial score (nSPS) is 25.5. The van der Waals surface area contributed by atoms with Crippen molar-refractivity contribution in [2.24, 2.45) is 0 Å². The van der Waals surface area contributed by atoms with Crippen molar-refractivity contribution in [3.05, 3.63) is 65.4 Å². The van der Waals surface area contributed by atoms with Crippen molar-refractivity contribution >= 4 is 22.7 Å². The summed E-state index contributed by atoms with van der Waals surface area (Å²) in [6.45, 7) is 2.59. The molecule has 0 spiro atoms. The Labute approximate surface area is 180 Å². The molecule has 1 saturated carbocycles. The number of hydrogen-bond acceptors (Lipinski definition) is 3. The summed E-state index contributed by atoms with van der Waals surface area (Å²) < 4.78 is 5.33. The van der Waals surface area contributed by atoms with Gasteiger partial charge in [-0.15, -0.1) is 0 Å². The molecular weight excluding hydrogens is 390 g/mol. The molecule has 2 aromatic carbocycles. The molecule has 1 aromatic heterocycles. The molecule has 2 aliphatic heterocycles. The molecule has 31 heavy (non-hydrogen) atoms. The average molecular weight is 415 g/mol. The number of hydrogen-bond donors (Lipinski definition) is 1. The van der Waals surface area contributed by atoms with E-state index in [9.17, 15) is 9.59 Å². The number of nitrogens with zero attached hydrogens (tertiary/aromatic N) is 2. The molecule has 2 fully saturated rings. The second-order valence-electron chi connectivity index (χ2n) is 9.03. The molecule has 3 aromatic rings. The van der Waals surface area contributed by atoms with E-state index < -0.39 is 5.54 Å². The first-order chi connectivity index (χ1) is 15.0. The van der Waals surface area contributed by atoms with E-state index in [2.05, 4.69) is 23.2 Å². The molecule has 1 saturated heterocycles. The van der Waals surface area contributed by atoms with Gasteiger partial charge in [0.2, 0.25) is 5.91 Å². The van der Waals surface area contributed by atoms with Crippen LogP contribution < -0.4 is 4.74 Å². The Morgan fingerprint density at radius 1 is 1.06 bits per heavy atom. The van der Waals surface area contributed by atoms with Gasteiger partial charge in [-0.3, -0.25) is 9.59 Å². The smallest absolute Gasteiger partial charge is 0.255 e. The van der Waals surface area contributed by atoms with Crippen LogP contribution in [0.5, 0.6) is 5.75 Å². The maximum atomic E-state index is 13.8. The average Bonchev–Trinajstić information content (AvgIpc) is 3.56. The topological polar surface area (TPSA) is 65.6 Å². The van der Waals surface area contributed by atoms with Crippen molar-refractivity contribution in [3.63, 3.8) is 0 Å². The van der Waals surface area contributed by atoms with Gasteiger partial charge in [0.15, 0.2) is 5.54 Å². The van der Waals surface area contributed by atoms with Crippen LogP contribution in [0.2, 0.25) is 0 Å². The lowest BCUT2D eigenvalue weighted by Crippen LogP contribution is -2.67. The number of carbonyl (C=O) groups excluding carboxylic acids is 2. The van der Waals surface area contributed by atoms with E-state index in [1.807, 2.05) is 42.2 Å². The van der Waals surface area contributed by atoms with Gasteiger partial charge in [-0.2, -0.15) is 0 Å². The monoisotopic (exact) mass is 415 g/mol. The Hall–Kier alpha value is -3.28. The minimum absolute atomic E-state index is 0.0191. The maximum Gasteiger partial charge on any atom is 0.255 e. The Kier molecular flexibility index (Phi) is 3.79. The number of para-hydroxylation sites is 1. The quantitative estimate of drug-likeness (QED) is 0.713. The number of rotatable bonds is 3. The maximum absolute atomic E-state index is 13.8. The second-order valence-corrected chi connectivity index (χ2v) is 9.03. The van der Waals surface area contributed by atoms with Crippen LogP contribution in [0.4, 0.5) is 0 Å². The van der Waals surface area contributed by atoms with Crippen LogP contribution in [0, 0.1) is 0 Å². The molecule has 3 heterocycles. The van der Waals surface area contributed by atoms with Crippen LogP contribution >= 0.6 is 0 Å². The first kappa shape index (κ1) is 18.5. The molecule has 1 N–H and O–H groups in total. The summed E-state index contributed by atoms with van der Waals surface area (Å²) in [7, 11) is 1.66. The summed E-state index contributed by atoms with van der Waals surface area (Å²) in [5.74, 6) is 0.842. The van der Waals surface area contributed by atoms with E-state index in [0.717, 1.165) is 46.3 Å². The predicted molar refractivity (Wildman–Crippen MR) is 117 cm³/mol. The molecule has 6 heteroatoms. The van der Waals surface area contributed by atoms with Gasteiger partial charge < -0.3 is 19.5 Å². The number of ether oxygens (including phenoxy) is 1. The lowest BCUT2D eigenvalue weighted by Gasteiger charge is -2.51. The van der Waals surface area contributed by atoms with Crippen molar-refractivity contribution in [1.29, 1.82) is 0 Å². The molecule has 158 valence electrons. The van der Waals surface area contributed by atoms with Gasteiger partial charge in [0, 0.05) is 29.4 Å². The highest BCUT2D eigenvalue weighted by Gasteiger charge is 2.58. The molecule has 6 nitrogen and oxygen atoms in total. The first-order valence-electron chi connectivity index (χ1n) is 10.9. The lowest BCUT2D eigenvalue weighted by molar-refractivity contribution is -0.166. The highest BCUT2D eigenvalue weighted by molar-refractivity contribution is 6.01. The molecule has 0 radical (unpaired) electrons. The highest BCUT2D eigenvalue weighted by Crippen LogP contribution is 2.49. The summed E-state index contributed by atoms with van der Waals surface area (Å²) in [6.07, 6.45) is 1.98. The van der Waals surface area contributed by atoms with Gasteiger partial charge in [-0.25, -0.2) is 0 Å². The Morgan fingerprint density at radius 2 is 1.81 bits per heavy atom. The SMILES string of the molecule is COc1ccc([C@@H]2CN3C(=O)CN(C4CC4)C(=O)[C@@]3(C)c3[nH]c4ccccc4c32)cc1. The Balaban J connectivity index is 1.57. The van der Waals surface area contributed by atoms with Gasteiger partial charge in [0.25, 0.3) is 5.91 Å². The summed E-state index contributed by atoms with van der Waals surface area (Å²) in [4.78, 5) is 34.2. The van der Waals surface area contributed by atoms with Crippen molar-refractivity contribution in [2.75, 3.05) is 20.2 Å². The predicted octanol–water partition coefficient (Wildman–Crippen LogP) is 3.37. The minimum atomic E-state index is -1.00. The van der Waals surface area contributed by atoms with Crippen molar-refractivity contribution < 1.29 is 14.3 Å². The fourth-order valence-corrected chi connectivity index (χ4v) is 5.45. The minimum Gasteiger partial charge on any atom is -0.497 e. The Bertz CT molecular complexity index is 1210. The van der Waals surface area contributed by atoms with Crippen LogP contribution in [-0.2, 0) is 15.1 Å². The van der Waals surface area contributed by atoms with Crippen molar-refractivity contribution in [3.8, 4) is 5.75 Å². The highest BCUT2D eigenvalue weighted by atomic mass is 16.5. The Morgan fingerprint density at radius 3 is 2.52 bits per heavy atom. The van der Waals surface area contributed by atoms with Crippen molar-refractivity contribution in [2.45, 2.75) is 37.3 Å². The zero-order chi connectivity index (χ0) is 21.3. The molecule has 2 amide bonds. The number of carbonyl (C=O) groups is 2. The van der Waals surface area contributed by atoms with Crippen LogP contribution in [0.15, 0.2) is 48.5 Å². The standard InChI is InChI=1S/C25H25N3O3/c1-25-23-22(18-5-3-4-6-20(18)26-23)19(15-7-11-17(31-2)12-8-15)13-28(25)21(29)14-27(24(25)30)16-9-10-16/h3-8,11-12,16,19,26H,9-10,13-14H2,1-2H3/t19-,25+/m0/s1. The third-order valence-electron chi connectivity index (χ3n) is 7.28. The summed E-state index contributed by atoms with van der Waals surface area (Å²) in [5.41, 5.74) is 3.08. The first-order valence-corrected chi connectivity index (χ1v) is 10.9. The number of fused-ring (bicyclic) bond motifs is 5. The van der Waals surface area contributed by atoms with Crippen LogP contribution in [-0.4, -0.2) is 52.8 Å². The number of methoxy groups -OCH3 is 1. The van der Waals surface area contributed by atoms with Crippen LogP contribution in [0.25, 0.3) is 10.9 Å². The van der Waals surface area contributed by atoms with Gasteiger partial charge >= 0.3 is 0 Å². The number of benzene rings is 2. The fourth-order valence-electron chi connectivity index (χ4n) is 5.45. The number of amides is 2. The molecule has 0 bridgehead atoms. The number of nitrogens with one attached hydrogen (secondary N) is 1. The summed E-state index contributed by atoms with van der Waals surface area (Å²) >= 11 is 0. The van der Waals surface area contributed by atoms with E-state index >= 15 is 0 Å². The van der Waals surface area contributed by atoms with E-state index in [-0.39, 0.29) is 30.3 Å². The van der Waals surface area contributed by atoms with E-state index in [0.29, 0.717) is 6.54 Å². The number of aromatic amines is 1. The summed E-state index contributed by atoms with van der Waals surface area (Å²) in [5, 5.41) is 1.11. The number of aromatic nitrogens is 1. The molecule has 2 atom stereocenters. The lowest BCUT2D eigenvalue weighted by atomic mass is 9.76. The van der Waals surface area contributed by atoms with Gasteiger partial charge in [-0.05, 0) is 49.1 Å². The molecule has 1 aliphatic carbocycles. The van der Waals surface area contributed by atoms with Crippen molar-refractivity contribution in [1.82, 2.24) is 14.8 Å². The molecule has 3 aliphatic rings. The zero-order valence-corrected chi connectivity index (χ0v) is 17.7. The zero-order valence-electron chi connectivity index (χ0n) is 17.7. The number of piperazine rings is 1. The van der Waals surface area contributed by atoms with Gasteiger partial charge in [0.1, 0.15) is 12.3 Å². The van der Waals surface area contributed by atoms with Crippen LogP contribution in [0.1, 0.15) is 42.5 Å². The van der Waals surface area contributed by atoms with Gasteiger partial charge in [0.05, 0.1) is 12.8 Å². The second kappa shape index (κ2) is 6.36. The number of H-pyrrole nitrogens is 1. The van der Waals surface area contributed by atoms with E-state index in [1.165, 1.54) is 0 Å². The third kappa shape index (κ3) is 2.51. The molecule has 0 unspecified atom stereocenters. The van der Waals surface area contributed by atoms with E-state index in [1.54, 1.807) is 12.0 Å². The summed E-state index contributed by atoms with van der Waals surface area (Å²) in [6, 6.07) is 16.4. The molecular formula is C25H25N3O3. The molecule has 6 rings (SSSR count). The van der Waals surface area contributed by atoms with Gasteiger partial charge in [-0.1, -0.05) is 30.3 Å². The fraction of sp³-hybridized carbons (Fsp3) is 0.360. The largest absolute Gasteiger partial charge is 0.497 e. The van der Waals surface area contributed by atoms with Crippen LogP contribution in [0.3, 0.4) is 0 Å².